The fourth-order valence-electron chi connectivity index (χ4n) is 3.20. The molecule has 0 unspecified atom stereocenters. The standard InChI is InChI=1S/C20H21FN4O2S2/c1-15-2-8-18(9-3-15)29(26,27)25-12-10-24(11-13-25)20-23-22-19(28-20)14-16-4-6-17(21)7-5-16/h2-9H,10-14H2,1H3. The van der Waals surface area contributed by atoms with E-state index >= 15 is 0 Å². The van der Waals surface area contributed by atoms with Crippen molar-refractivity contribution in [2.75, 3.05) is 31.1 Å². The minimum Gasteiger partial charge on any atom is -0.344 e. The molecule has 1 aliphatic rings. The molecule has 4 rings (SSSR count). The topological polar surface area (TPSA) is 66.4 Å². The Labute approximate surface area is 173 Å². The second-order valence-corrected chi connectivity index (χ2v) is 9.96. The van der Waals surface area contributed by atoms with Gasteiger partial charge in [0.2, 0.25) is 15.2 Å². The highest BCUT2D eigenvalue weighted by molar-refractivity contribution is 7.89. The average molecular weight is 433 g/mol. The van der Waals surface area contributed by atoms with Crippen molar-refractivity contribution in [2.45, 2.75) is 18.2 Å². The van der Waals surface area contributed by atoms with Crippen LogP contribution in [0.2, 0.25) is 0 Å². The summed E-state index contributed by atoms with van der Waals surface area (Å²) in [5, 5.41) is 10.1. The number of halogens is 1. The molecule has 9 heteroatoms. The molecule has 0 aliphatic carbocycles. The van der Waals surface area contributed by atoms with Crippen molar-refractivity contribution in [3.63, 3.8) is 0 Å². The minimum absolute atomic E-state index is 0.259. The second-order valence-electron chi connectivity index (χ2n) is 6.99. The molecule has 0 spiro atoms. The molecule has 6 nitrogen and oxygen atoms in total. The van der Waals surface area contributed by atoms with E-state index in [-0.39, 0.29) is 5.82 Å². The summed E-state index contributed by atoms with van der Waals surface area (Å²) in [4.78, 5) is 2.39. The van der Waals surface area contributed by atoms with Gasteiger partial charge in [0, 0.05) is 32.6 Å². The van der Waals surface area contributed by atoms with Gasteiger partial charge in [0.15, 0.2) is 0 Å². The van der Waals surface area contributed by atoms with Crippen LogP contribution in [0.15, 0.2) is 53.4 Å². The van der Waals surface area contributed by atoms with Gasteiger partial charge in [0.1, 0.15) is 10.8 Å². The van der Waals surface area contributed by atoms with Gasteiger partial charge in [-0.1, -0.05) is 41.2 Å². The summed E-state index contributed by atoms with van der Waals surface area (Å²) in [6.07, 6.45) is 0.597. The highest BCUT2D eigenvalue weighted by Crippen LogP contribution is 2.25. The number of hydrogen-bond acceptors (Lipinski definition) is 6. The van der Waals surface area contributed by atoms with Crippen molar-refractivity contribution in [3.05, 3.63) is 70.5 Å². The van der Waals surface area contributed by atoms with Gasteiger partial charge in [-0.25, -0.2) is 12.8 Å². The Morgan fingerprint density at radius 2 is 1.62 bits per heavy atom. The van der Waals surface area contributed by atoms with Crippen LogP contribution in [-0.2, 0) is 16.4 Å². The molecule has 29 heavy (non-hydrogen) atoms. The van der Waals surface area contributed by atoms with Crippen LogP contribution in [0.4, 0.5) is 9.52 Å². The van der Waals surface area contributed by atoms with E-state index in [0.717, 1.165) is 21.3 Å². The van der Waals surface area contributed by atoms with Gasteiger partial charge in [-0.2, -0.15) is 4.31 Å². The molecule has 1 saturated heterocycles. The van der Waals surface area contributed by atoms with E-state index in [0.29, 0.717) is 37.5 Å². The maximum Gasteiger partial charge on any atom is 0.243 e. The van der Waals surface area contributed by atoms with Crippen LogP contribution in [0, 0.1) is 12.7 Å². The first kappa shape index (κ1) is 19.9. The van der Waals surface area contributed by atoms with Gasteiger partial charge in [-0.15, -0.1) is 10.2 Å². The summed E-state index contributed by atoms with van der Waals surface area (Å²) in [5.41, 5.74) is 2.00. The van der Waals surface area contributed by atoms with E-state index in [2.05, 4.69) is 15.1 Å². The monoisotopic (exact) mass is 432 g/mol. The van der Waals surface area contributed by atoms with E-state index in [1.807, 2.05) is 19.1 Å². The van der Waals surface area contributed by atoms with Gasteiger partial charge in [0.25, 0.3) is 0 Å². The Balaban J connectivity index is 1.39. The van der Waals surface area contributed by atoms with Crippen LogP contribution >= 0.6 is 11.3 Å². The van der Waals surface area contributed by atoms with Crippen molar-refractivity contribution < 1.29 is 12.8 Å². The molecule has 1 aliphatic heterocycles. The summed E-state index contributed by atoms with van der Waals surface area (Å²) in [7, 11) is -3.48. The van der Waals surface area contributed by atoms with E-state index in [4.69, 9.17) is 0 Å². The molecule has 0 amide bonds. The first-order valence-electron chi connectivity index (χ1n) is 9.30. The number of benzene rings is 2. The summed E-state index contributed by atoms with van der Waals surface area (Å²) in [5.74, 6) is -0.259. The normalized spacial score (nSPS) is 15.6. The molecule has 3 aromatic rings. The third-order valence-electron chi connectivity index (χ3n) is 4.89. The van der Waals surface area contributed by atoms with E-state index in [1.165, 1.54) is 27.8 Å². The number of rotatable bonds is 5. The Kier molecular flexibility index (Phi) is 5.62. The smallest absolute Gasteiger partial charge is 0.243 e. The summed E-state index contributed by atoms with van der Waals surface area (Å²) >= 11 is 1.49. The van der Waals surface area contributed by atoms with Crippen LogP contribution in [0.25, 0.3) is 0 Å². The Hall–Kier alpha value is -2.36. The number of hydrogen-bond donors (Lipinski definition) is 0. The highest BCUT2D eigenvalue weighted by atomic mass is 32.2. The molecule has 0 radical (unpaired) electrons. The zero-order valence-corrected chi connectivity index (χ0v) is 17.6. The Morgan fingerprint density at radius 1 is 0.966 bits per heavy atom. The van der Waals surface area contributed by atoms with Crippen molar-refractivity contribution in [1.29, 1.82) is 0 Å². The first-order valence-corrected chi connectivity index (χ1v) is 11.6. The number of aromatic nitrogens is 2. The number of anilines is 1. The lowest BCUT2D eigenvalue weighted by molar-refractivity contribution is 0.384. The first-order chi connectivity index (χ1) is 13.9. The SMILES string of the molecule is Cc1ccc(S(=O)(=O)N2CCN(c3nnc(Cc4ccc(F)cc4)s3)CC2)cc1. The van der Waals surface area contributed by atoms with Crippen LogP contribution in [-0.4, -0.2) is 49.1 Å². The van der Waals surface area contributed by atoms with E-state index in [9.17, 15) is 12.8 Å². The highest BCUT2D eigenvalue weighted by Gasteiger charge is 2.29. The van der Waals surface area contributed by atoms with Gasteiger partial charge in [-0.05, 0) is 36.8 Å². The molecule has 2 aromatic carbocycles. The molecule has 1 fully saturated rings. The number of sulfonamides is 1. The predicted molar refractivity (Wildman–Crippen MR) is 111 cm³/mol. The Morgan fingerprint density at radius 3 is 2.28 bits per heavy atom. The fourth-order valence-corrected chi connectivity index (χ4v) is 5.55. The maximum absolute atomic E-state index is 13.0. The molecule has 1 aromatic heterocycles. The quantitative estimate of drug-likeness (QED) is 0.620. The molecule has 0 bridgehead atoms. The molecule has 0 N–H and O–H groups in total. The lowest BCUT2D eigenvalue weighted by atomic mass is 10.2. The van der Waals surface area contributed by atoms with Crippen LogP contribution in [0.3, 0.4) is 0 Å². The van der Waals surface area contributed by atoms with Crippen LogP contribution in [0.5, 0.6) is 0 Å². The van der Waals surface area contributed by atoms with Crippen molar-refractivity contribution in [2.24, 2.45) is 0 Å². The summed E-state index contributed by atoms with van der Waals surface area (Å²) in [6, 6.07) is 13.3. The third-order valence-corrected chi connectivity index (χ3v) is 7.79. The van der Waals surface area contributed by atoms with Gasteiger partial charge < -0.3 is 4.90 Å². The van der Waals surface area contributed by atoms with Crippen molar-refractivity contribution in [3.8, 4) is 0 Å². The number of nitrogens with zero attached hydrogens (tertiary/aromatic N) is 4. The zero-order valence-electron chi connectivity index (χ0n) is 16.0. The van der Waals surface area contributed by atoms with Crippen LogP contribution < -0.4 is 4.90 Å². The maximum atomic E-state index is 13.0. The van der Waals surface area contributed by atoms with Crippen molar-refractivity contribution in [1.82, 2.24) is 14.5 Å². The van der Waals surface area contributed by atoms with Crippen LogP contribution in [0.1, 0.15) is 16.1 Å². The lowest BCUT2D eigenvalue weighted by Gasteiger charge is -2.33. The molecule has 152 valence electrons. The third kappa shape index (κ3) is 4.47. The van der Waals surface area contributed by atoms with Gasteiger partial charge >= 0.3 is 0 Å². The van der Waals surface area contributed by atoms with Gasteiger partial charge in [-0.3, -0.25) is 0 Å². The number of piperazine rings is 1. The molecule has 0 atom stereocenters. The average Bonchev–Trinajstić information content (AvgIpc) is 3.19. The lowest BCUT2D eigenvalue weighted by Crippen LogP contribution is -2.48. The second kappa shape index (κ2) is 8.17. The predicted octanol–water partition coefficient (Wildman–Crippen LogP) is 3.09. The fraction of sp³-hybridized carbons (Fsp3) is 0.300. The molecular weight excluding hydrogens is 411 g/mol. The minimum atomic E-state index is -3.48. The molecular formula is C20H21FN4O2S2. The largest absolute Gasteiger partial charge is 0.344 e. The van der Waals surface area contributed by atoms with E-state index in [1.54, 1.807) is 24.3 Å². The van der Waals surface area contributed by atoms with Crippen molar-refractivity contribution >= 4 is 26.5 Å². The van der Waals surface area contributed by atoms with Gasteiger partial charge in [0.05, 0.1) is 4.90 Å². The summed E-state index contributed by atoms with van der Waals surface area (Å²) in [6.45, 7) is 3.88. The number of aryl methyl sites for hydroxylation is 1. The molecule has 0 saturated carbocycles. The Bertz CT molecular complexity index is 1070. The van der Waals surface area contributed by atoms with E-state index < -0.39 is 10.0 Å². The molecule has 2 heterocycles. The zero-order chi connectivity index (χ0) is 20.4. The summed E-state index contributed by atoms with van der Waals surface area (Å²) < 4.78 is 40.2.